The Hall–Kier alpha value is -2.64. The molecule has 2 heterocycles. The predicted molar refractivity (Wildman–Crippen MR) is 173 cm³/mol. The summed E-state index contributed by atoms with van der Waals surface area (Å²) in [5, 5.41) is 54.9. The van der Waals surface area contributed by atoms with Crippen LogP contribution in [0, 0.1) is 5.92 Å². The van der Waals surface area contributed by atoms with Crippen molar-refractivity contribution in [1.29, 1.82) is 0 Å². The minimum Gasteiger partial charge on any atom is -0.507 e. The van der Waals surface area contributed by atoms with Crippen molar-refractivity contribution < 1.29 is 74.2 Å². The first-order chi connectivity index (χ1) is 23.0. The minimum absolute atomic E-state index is 0.0128. The number of phenols is 1. The molecule has 2 fully saturated rings. The molecule has 48 heavy (non-hydrogen) atoms. The Labute approximate surface area is 282 Å². The lowest BCUT2D eigenvalue weighted by molar-refractivity contribution is -0.688. The van der Waals surface area contributed by atoms with E-state index in [1.54, 1.807) is 12.4 Å². The van der Waals surface area contributed by atoms with Crippen molar-refractivity contribution in [2.24, 2.45) is 5.92 Å². The molecule has 11 N–H and O–H groups in total. The van der Waals surface area contributed by atoms with Crippen molar-refractivity contribution in [3.8, 4) is 5.75 Å². The second-order valence-corrected chi connectivity index (χ2v) is 11.0. The molecule has 0 saturated carbocycles. The molecule has 0 radical (unpaired) electrons. The fourth-order valence-electron chi connectivity index (χ4n) is 5.69. The zero-order valence-corrected chi connectivity index (χ0v) is 29.4. The Balaban J connectivity index is 0.00000277. The summed E-state index contributed by atoms with van der Waals surface area (Å²) in [6, 6.07) is 3.01. The normalized spacial score (nSPS) is 30.5. The van der Waals surface area contributed by atoms with Gasteiger partial charge in [0.2, 0.25) is 6.79 Å². The summed E-state index contributed by atoms with van der Waals surface area (Å²) in [4.78, 5) is 24.9. The number of nitrogens with two attached hydrogens (primary N) is 3. The Morgan fingerprint density at radius 2 is 1.54 bits per heavy atom. The van der Waals surface area contributed by atoms with Gasteiger partial charge in [0.1, 0.15) is 60.0 Å². The number of quaternary nitrogens is 2. The molecule has 2 aliphatic heterocycles. The molecule has 3 rings (SSSR count). The highest BCUT2D eigenvalue weighted by atomic mass is 16.7. The van der Waals surface area contributed by atoms with Crippen molar-refractivity contribution in [1.82, 2.24) is 0 Å². The summed E-state index contributed by atoms with van der Waals surface area (Å²) >= 11 is 0. The second-order valence-electron chi connectivity index (χ2n) is 11.0. The summed E-state index contributed by atoms with van der Waals surface area (Å²) in [6.07, 6.45) is -6.99. The molecule has 16 nitrogen and oxygen atoms in total. The number of nitrogen functional groups attached to an aromatic ring is 1. The molecule has 2 saturated heterocycles. The largest absolute Gasteiger partial charge is 0.507 e. The SMILES string of the molecule is CC.CC.C[NH2+]C1[C@H](C)OC(CO)[C@@H](COC[C@@H]2OC(CO)[C@@H](O)[C@@H](OC(C)C(=O)OCOC(=O)c3cc(N)ccc3O)C2[NH2+]C)[C@H]1O. The van der Waals surface area contributed by atoms with Gasteiger partial charge in [-0.1, -0.05) is 27.7 Å². The molecule has 5 unspecified atom stereocenters. The fraction of sp³-hybridized carbons (Fsp3) is 0.750. The number of rotatable bonds is 14. The van der Waals surface area contributed by atoms with Gasteiger partial charge in [0, 0.05) is 11.6 Å². The number of benzene rings is 1. The van der Waals surface area contributed by atoms with Gasteiger partial charge in [-0.2, -0.15) is 0 Å². The summed E-state index contributed by atoms with van der Waals surface area (Å²) in [5.41, 5.74) is 5.65. The van der Waals surface area contributed by atoms with E-state index >= 15 is 0 Å². The molecule has 278 valence electrons. The highest BCUT2D eigenvalue weighted by molar-refractivity contribution is 5.93. The van der Waals surface area contributed by atoms with Gasteiger partial charge in [-0.05, 0) is 32.0 Å². The maximum Gasteiger partial charge on any atom is 0.344 e. The van der Waals surface area contributed by atoms with Crippen molar-refractivity contribution in [2.45, 2.75) is 102 Å². The van der Waals surface area contributed by atoms with E-state index in [-0.39, 0.29) is 49.0 Å². The van der Waals surface area contributed by atoms with Crippen LogP contribution in [0.4, 0.5) is 5.69 Å². The van der Waals surface area contributed by atoms with Crippen LogP contribution in [0.15, 0.2) is 18.2 Å². The Bertz CT molecular complexity index is 1080. The van der Waals surface area contributed by atoms with Crippen molar-refractivity contribution in [3.05, 3.63) is 23.8 Å². The number of carbonyl (C=O) groups excluding carboxylic acids is 2. The van der Waals surface area contributed by atoms with Crippen LogP contribution in [0.25, 0.3) is 0 Å². The average Bonchev–Trinajstić information content (AvgIpc) is 3.09. The first-order valence-electron chi connectivity index (χ1n) is 16.6. The number of esters is 2. The standard InChI is InChI=1S/C28H45N3O13.2C2H6/c1-13-22(30-3)24(35)17(19(8-32)42-13)10-39-11-21-23(31-4)26(25(36)20(9-33)44-21)43-14(2)27(37)40-12-41-28(38)16-7-15(29)5-6-18(16)34;2*1-2/h5-7,13-14,17,19-26,30-36H,8-12,29H2,1-4H3;2*1-2H3/p+2/t13-,14?,17+,19?,20?,21-,22?,23?,24+,25+,26-;;/m0../s1. The van der Waals surface area contributed by atoms with Crippen molar-refractivity contribution in [2.75, 3.05) is 53.0 Å². The van der Waals surface area contributed by atoms with Gasteiger partial charge in [-0.15, -0.1) is 0 Å². The van der Waals surface area contributed by atoms with E-state index in [1.807, 2.05) is 47.0 Å². The van der Waals surface area contributed by atoms with Crippen LogP contribution < -0.4 is 16.4 Å². The van der Waals surface area contributed by atoms with E-state index in [4.69, 9.17) is 34.2 Å². The molecule has 1 aromatic carbocycles. The number of anilines is 1. The van der Waals surface area contributed by atoms with Gasteiger partial charge in [-0.25, -0.2) is 9.59 Å². The highest BCUT2D eigenvalue weighted by Crippen LogP contribution is 2.27. The first-order valence-corrected chi connectivity index (χ1v) is 16.6. The van der Waals surface area contributed by atoms with Crippen molar-refractivity contribution >= 4 is 17.6 Å². The summed E-state index contributed by atoms with van der Waals surface area (Å²) in [7, 11) is 3.56. The zero-order valence-electron chi connectivity index (χ0n) is 29.4. The fourth-order valence-corrected chi connectivity index (χ4v) is 5.69. The predicted octanol–water partition coefficient (Wildman–Crippen LogP) is -2.52. The molecular formula is C32H59N3O13+2. The van der Waals surface area contributed by atoms with Gasteiger partial charge in [0.25, 0.3) is 0 Å². The van der Waals surface area contributed by atoms with Crippen LogP contribution in [-0.2, 0) is 33.2 Å². The Morgan fingerprint density at radius 3 is 2.12 bits per heavy atom. The van der Waals surface area contributed by atoms with Crippen LogP contribution in [0.1, 0.15) is 51.9 Å². The van der Waals surface area contributed by atoms with E-state index in [9.17, 15) is 35.1 Å². The van der Waals surface area contributed by atoms with Gasteiger partial charge >= 0.3 is 11.9 Å². The quantitative estimate of drug-likeness (QED) is 0.0434. The first kappa shape index (κ1) is 43.4. The lowest BCUT2D eigenvalue weighted by Gasteiger charge is -2.43. The molecule has 16 heteroatoms. The molecule has 0 amide bonds. The third-order valence-corrected chi connectivity index (χ3v) is 8.16. The van der Waals surface area contributed by atoms with Gasteiger partial charge in [-0.3, -0.25) is 0 Å². The van der Waals surface area contributed by atoms with E-state index in [0.29, 0.717) is 0 Å². The second kappa shape index (κ2) is 22.2. The molecule has 0 bridgehead atoms. The van der Waals surface area contributed by atoms with Gasteiger partial charge < -0.3 is 70.3 Å². The summed E-state index contributed by atoms with van der Waals surface area (Å²) < 4.78 is 33.5. The molecule has 0 spiro atoms. The molecule has 11 atom stereocenters. The molecule has 0 aromatic heterocycles. The lowest BCUT2D eigenvalue weighted by Crippen LogP contribution is -2.94. The summed E-state index contributed by atoms with van der Waals surface area (Å²) in [5.74, 6) is -2.71. The third-order valence-electron chi connectivity index (χ3n) is 8.16. The number of hydrogen-bond acceptors (Lipinski definition) is 14. The van der Waals surface area contributed by atoms with E-state index in [1.165, 1.54) is 25.1 Å². The number of aliphatic hydroxyl groups excluding tert-OH is 4. The number of likely N-dealkylation sites (N-methyl/N-ethyl adjacent to an activating group) is 2. The van der Waals surface area contributed by atoms with E-state index < -0.39 is 80.0 Å². The van der Waals surface area contributed by atoms with Crippen LogP contribution in [-0.4, -0.2) is 146 Å². The molecular weight excluding hydrogens is 634 g/mol. The maximum absolute atomic E-state index is 12.6. The van der Waals surface area contributed by atoms with E-state index in [0.717, 1.165) is 0 Å². The number of phenolic OH excluding ortho intramolecular Hbond substituents is 1. The molecule has 1 aromatic rings. The van der Waals surface area contributed by atoms with E-state index in [2.05, 4.69) is 0 Å². The molecule has 2 aliphatic rings. The van der Waals surface area contributed by atoms with Gasteiger partial charge in [0.15, 0.2) is 6.10 Å². The van der Waals surface area contributed by atoms with Crippen LogP contribution >= 0.6 is 0 Å². The number of aliphatic hydroxyl groups is 4. The van der Waals surface area contributed by atoms with Crippen LogP contribution in [0.3, 0.4) is 0 Å². The topological polar surface area (TPSA) is 250 Å². The van der Waals surface area contributed by atoms with Crippen LogP contribution in [0.5, 0.6) is 5.75 Å². The monoisotopic (exact) mass is 693 g/mol. The van der Waals surface area contributed by atoms with Crippen molar-refractivity contribution in [3.63, 3.8) is 0 Å². The van der Waals surface area contributed by atoms with Gasteiger partial charge in [0.05, 0.1) is 46.6 Å². The minimum atomic E-state index is -1.31. The van der Waals surface area contributed by atoms with Crippen LogP contribution in [0.2, 0.25) is 0 Å². The average molecular weight is 694 g/mol. The Kier molecular flexibility index (Phi) is 20.0. The highest BCUT2D eigenvalue weighted by Gasteiger charge is 2.50. The Morgan fingerprint density at radius 1 is 0.917 bits per heavy atom. The maximum atomic E-state index is 12.6. The number of aromatic hydroxyl groups is 1. The lowest BCUT2D eigenvalue weighted by atomic mass is 9.86. The number of hydrogen-bond donors (Lipinski definition) is 8. The number of ether oxygens (including phenoxy) is 6. The number of carbonyl (C=O) groups is 2. The third kappa shape index (κ3) is 11.5. The summed E-state index contributed by atoms with van der Waals surface area (Å²) in [6.45, 7) is 9.67. The molecule has 0 aliphatic carbocycles. The smallest absolute Gasteiger partial charge is 0.344 e. The zero-order chi connectivity index (χ0) is 36.6.